The lowest BCUT2D eigenvalue weighted by atomic mass is 9.59. The second-order valence-corrected chi connectivity index (χ2v) is 15.8. The molecule has 1 aliphatic heterocycles. The van der Waals surface area contributed by atoms with Gasteiger partial charge in [0.25, 0.3) is 0 Å². The molecule has 0 saturated carbocycles. The van der Waals surface area contributed by atoms with Crippen LogP contribution in [0.1, 0.15) is 77.5 Å². The third kappa shape index (κ3) is 8.03. The minimum absolute atomic E-state index is 0.0957. The number of imidazole rings is 1. The molecule has 1 atom stereocenters. The van der Waals surface area contributed by atoms with Gasteiger partial charge in [0.05, 0.1) is 22.6 Å². The summed E-state index contributed by atoms with van der Waals surface area (Å²) in [6, 6.07) is 46.8. The molecule has 5 aromatic carbocycles. The summed E-state index contributed by atoms with van der Waals surface area (Å²) < 4.78 is 17.9. The van der Waals surface area contributed by atoms with Crippen molar-refractivity contribution in [3.63, 3.8) is 0 Å². The summed E-state index contributed by atoms with van der Waals surface area (Å²) in [6.07, 6.45) is -0.696. The van der Waals surface area contributed by atoms with Crippen LogP contribution >= 0.6 is 0 Å². The van der Waals surface area contributed by atoms with Crippen molar-refractivity contribution in [2.75, 3.05) is 13.9 Å². The van der Waals surface area contributed by atoms with Gasteiger partial charge in [0.1, 0.15) is 12.4 Å². The van der Waals surface area contributed by atoms with Gasteiger partial charge in [-0.15, -0.1) is 10.2 Å². The highest BCUT2D eigenvalue weighted by molar-refractivity contribution is 5.89. The van der Waals surface area contributed by atoms with E-state index in [9.17, 15) is 14.7 Å². The predicted octanol–water partition coefficient (Wildman–Crippen LogP) is 9.39. The number of aliphatic hydroxyl groups is 1. The van der Waals surface area contributed by atoms with Gasteiger partial charge in [-0.1, -0.05) is 140 Å². The van der Waals surface area contributed by atoms with E-state index in [2.05, 4.69) is 52.9 Å². The fourth-order valence-corrected chi connectivity index (χ4v) is 7.86. The van der Waals surface area contributed by atoms with Crippen LogP contribution in [-0.4, -0.2) is 46.6 Å². The lowest BCUT2D eigenvalue weighted by Crippen LogP contribution is -2.48. The second kappa shape index (κ2) is 17.7. The third-order valence-corrected chi connectivity index (χ3v) is 10.5. The van der Waals surface area contributed by atoms with Crippen molar-refractivity contribution in [3.05, 3.63) is 185 Å². The Kier molecular flexibility index (Phi) is 12.2. The highest BCUT2D eigenvalue weighted by Gasteiger charge is 2.60. The maximum atomic E-state index is 13.7. The van der Waals surface area contributed by atoms with Crippen molar-refractivity contribution < 1.29 is 28.9 Å². The molecule has 0 spiro atoms. The Morgan fingerprint density at radius 2 is 1.27 bits per heavy atom. The summed E-state index contributed by atoms with van der Waals surface area (Å²) in [5.74, 6) is -0.776. The zero-order valence-electron chi connectivity index (χ0n) is 34.4. The molecule has 2 heterocycles. The molecular formula is C48H48N6O6. The van der Waals surface area contributed by atoms with Crippen LogP contribution in [-0.2, 0) is 49.7 Å². The number of hydrogen-bond donors (Lipinski definition) is 1. The molecule has 1 aliphatic rings. The van der Waals surface area contributed by atoms with Crippen LogP contribution in [0.4, 0.5) is 0 Å². The molecule has 1 N–H and O–H groups in total. The molecular weight excluding hydrogens is 757 g/mol. The van der Waals surface area contributed by atoms with E-state index in [1.165, 1.54) is 0 Å². The zero-order valence-corrected chi connectivity index (χ0v) is 34.4. The molecule has 0 saturated heterocycles. The summed E-state index contributed by atoms with van der Waals surface area (Å²) in [5, 5.41) is 28.8. The van der Waals surface area contributed by atoms with Crippen molar-refractivity contribution >= 4 is 11.9 Å². The van der Waals surface area contributed by atoms with Gasteiger partial charge in [0, 0.05) is 25.6 Å². The van der Waals surface area contributed by atoms with Gasteiger partial charge < -0.3 is 23.9 Å². The van der Waals surface area contributed by atoms with E-state index in [0.717, 1.165) is 38.9 Å². The Balaban J connectivity index is 1.31. The Morgan fingerprint density at radius 3 is 1.78 bits per heavy atom. The molecule has 12 nitrogen and oxygen atoms in total. The number of rotatable bonds is 15. The fourth-order valence-electron chi connectivity index (χ4n) is 7.86. The predicted molar refractivity (Wildman–Crippen MR) is 226 cm³/mol. The number of esters is 2. The van der Waals surface area contributed by atoms with E-state index in [-0.39, 0.29) is 25.3 Å². The number of ether oxygens (including phenoxy) is 3. The second-order valence-electron chi connectivity index (χ2n) is 15.8. The quantitative estimate of drug-likeness (QED) is 0.0618. The Bertz CT molecular complexity index is 2370. The third-order valence-electron chi connectivity index (χ3n) is 10.5. The van der Waals surface area contributed by atoms with Crippen LogP contribution in [0.15, 0.2) is 160 Å². The first-order chi connectivity index (χ1) is 29.0. The Morgan fingerprint density at radius 1 is 0.733 bits per heavy atom. The summed E-state index contributed by atoms with van der Waals surface area (Å²) in [7, 11) is 1.54. The van der Waals surface area contributed by atoms with Crippen molar-refractivity contribution in [3.8, 4) is 11.1 Å². The smallest absolute Gasteiger partial charge is 0.359 e. The highest BCUT2D eigenvalue weighted by atomic mass is 16.7. The molecule has 12 heteroatoms. The largest absolute Gasteiger partial charge is 0.427 e. The summed E-state index contributed by atoms with van der Waals surface area (Å²) in [5.41, 5.74) is 3.68. The number of aromatic nitrogens is 2. The molecule has 1 aromatic heterocycles. The lowest BCUT2D eigenvalue weighted by molar-refractivity contribution is -0.161. The molecule has 1 unspecified atom stereocenters. The molecule has 0 fully saturated rings. The van der Waals surface area contributed by atoms with Gasteiger partial charge in [0.15, 0.2) is 5.69 Å². The van der Waals surface area contributed by atoms with Gasteiger partial charge in [0.2, 0.25) is 12.5 Å². The van der Waals surface area contributed by atoms with Crippen LogP contribution < -0.4 is 0 Å². The summed E-state index contributed by atoms with van der Waals surface area (Å²) in [4.78, 5) is 30.8. The SMILES string of the molecule is COCc1nc(CC(C)O)c(C(=O)OCOC(=O)C(C)(C)C)n1Cc1ccc(-c2ccccc2C2(C(c3ccccc3)(c3ccccc3)c3ccccc3)N=NN=N2)cc1. The van der Waals surface area contributed by atoms with Gasteiger partial charge >= 0.3 is 11.9 Å². The van der Waals surface area contributed by atoms with E-state index >= 15 is 0 Å². The number of methoxy groups -OCH3 is 1. The number of aliphatic hydroxyl groups excluding tert-OH is 1. The van der Waals surface area contributed by atoms with Gasteiger partial charge in [-0.3, -0.25) is 4.79 Å². The van der Waals surface area contributed by atoms with Crippen molar-refractivity contribution in [1.29, 1.82) is 0 Å². The summed E-state index contributed by atoms with van der Waals surface area (Å²) >= 11 is 0. The van der Waals surface area contributed by atoms with Crippen LogP contribution in [0.25, 0.3) is 11.1 Å². The molecule has 6 aromatic rings. The first-order valence-electron chi connectivity index (χ1n) is 19.8. The number of nitrogens with zero attached hydrogens (tertiary/aromatic N) is 6. The van der Waals surface area contributed by atoms with E-state index in [4.69, 9.17) is 29.4 Å². The minimum atomic E-state index is -1.37. The van der Waals surface area contributed by atoms with Gasteiger partial charge in [-0.25, -0.2) is 9.78 Å². The first-order valence-corrected chi connectivity index (χ1v) is 19.8. The van der Waals surface area contributed by atoms with E-state index in [1.54, 1.807) is 39.4 Å². The molecule has 0 radical (unpaired) electrons. The Labute approximate surface area is 349 Å². The number of carbonyl (C=O) groups is 2. The number of hydrogen-bond acceptors (Lipinski definition) is 11. The molecule has 0 bridgehead atoms. The fraction of sp³-hybridized carbons (Fsp3) is 0.271. The lowest BCUT2D eigenvalue weighted by Gasteiger charge is -2.45. The van der Waals surface area contributed by atoms with E-state index in [1.807, 2.05) is 97.1 Å². The monoisotopic (exact) mass is 804 g/mol. The van der Waals surface area contributed by atoms with Crippen molar-refractivity contribution in [2.24, 2.45) is 26.1 Å². The number of carbonyl (C=O) groups excluding carboxylic acids is 2. The molecule has 60 heavy (non-hydrogen) atoms. The summed E-state index contributed by atoms with van der Waals surface area (Å²) in [6.45, 7) is 6.52. The van der Waals surface area contributed by atoms with Crippen LogP contribution in [0.5, 0.6) is 0 Å². The topological polar surface area (TPSA) is 149 Å². The molecule has 0 amide bonds. The van der Waals surface area contributed by atoms with Crippen LogP contribution in [0.2, 0.25) is 0 Å². The van der Waals surface area contributed by atoms with E-state index < -0.39 is 41.3 Å². The molecule has 0 aliphatic carbocycles. The maximum absolute atomic E-state index is 13.7. The van der Waals surface area contributed by atoms with Crippen LogP contribution in [0, 0.1) is 5.41 Å². The van der Waals surface area contributed by atoms with Crippen LogP contribution in [0.3, 0.4) is 0 Å². The highest BCUT2D eigenvalue weighted by Crippen LogP contribution is 2.58. The standard InChI is InChI=1S/C48H48N6O6/c1-33(55)29-41-43(44(56)59-32-60-45(57)46(2,3)4)54(42(49-41)31-58-5)30-34-25-27-35(28-26-34)39-23-15-16-24-40(39)48(50-52-53-51-48)47(36-17-9-6-10-18-36,37-19-11-7-12-20-37)38-21-13-8-14-22-38/h6-28,33,55H,29-32H2,1-5H3. The van der Waals surface area contributed by atoms with Crippen molar-refractivity contribution in [2.45, 2.75) is 64.4 Å². The first kappa shape index (κ1) is 41.5. The van der Waals surface area contributed by atoms with Gasteiger partial charge in [-0.2, -0.15) is 0 Å². The minimum Gasteiger partial charge on any atom is -0.427 e. The molecule has 7 rings (SSSR count). The molecule has 306 valence electrons. The zero-order chi connectivity index (χ0) is 42.3. The van der Waals surface area contributed by atoms with E-state index in [0.29, 0.717) is 11.5 Å². The maximum Gasteiger partial charge on any atom is 0.359 e. The van der Waals surface area contributed by atoms with Crippen molar-refractivity contribution in [1.82, 2.24) is 9.55 Å². The average molecular weight is 805 g/mol. The average Bonchev–Trinajstić information content (AvgIpc) is 3.88. The number of benzene rings is 5. The normalized spacial score (nSPS) is 13.9. The van der Waals surface area contributed by atoms with Gasteiger partial charge in [-0.05, 0) is 71.5 Å². The Hall–Kier alpha value is -6.63.